The molecule has 11 heteroatoms. The molecule has 31 heavy (non-hydrogen) atoms. The maximum atomic E-state index is 4.94. The number of piperazine rings is 1. The van der Waals surface area contributed by atoms with E-state index in [2.05, 4.69) is 73.3 Å². The summed E-state index contributed by atoms with van der Waals surface area (Å²) in [6.07, 6.45) is 10.4. The molecule has 0 atom stereocenters. The molecule has 0 radical (unpaired) electrons. The molecule has 2 N–H and O–H groups in total. The Morgan fingerprint density at radius 2 is 1.35 bits per heavy atom. The molecule has 3 saturated heterocycles. The number of aromatic nitrogens is 2. The lowest BCUT2D eigenvalue weighted by Gasteiger charge is -2.26. The number of thiazole rings is 2. The number of hydrogen-bond acceptors (Lipinski definition) is 8. The van der Waals surface area contributed by atoms with Crippen molar-refractivity contribution in [2.45, 2.75) is 39.5 Å². The van der Waals surface area contributed by atoms with Gasteiger partial charge >= 0.3 is 0 Å². The highest BCUT2D eigenvalue weighted by Crippen LogP contribution is 2.26. The lowest BCUT2D eigenvalue weighted by molar-refractivity contribution is 0.198. The van der Waals surface area contributed by atoms with Crippen LogP contribution in [0.1, 0.15) is 39.5 Å². The van der Waals surface area contributed by atoms with E-state index in [1.54, 1.807) is 28.9 Å². The number of hydrogen-bond donors (Lipinski definition) is 2. The summed E-state index contributed by atoms with van der Waals surface area (Å²) < 4.78 is 8.02. The molecule has 2 aromatic heterocycles. The van der Waals surface area contributed by atoms with Gasteiger partial charge in [0.25, 0.3) is 0 Å². The van der Waals surface area contributed by atoms with E-state index in [-0.39, 0.29) is 7.43 Å². The minimum atomic E-state index is 0. The molecule has 5 rings (SSSR count). The van der Waals surface area contributed by atoms with Crippen molar-refractivity contribution in [1.29, 1.82) is 0 Å². The van der Waals surface area contributed by atoms with Crippen LogP contribution in [0.2, 0.25) is 0 Å². The van der Waals surface area contributed by atoms with Crippen molar-refractivity contribution in [2.24, 2.45) is 0 Å². The summed E-state index contributed by atoms with van der Waals surface area (Å²) in [5, 5.41) is 7.73. The quantitative estimate of drug-likeness (QED) is 0.380. The SMILES string of the molecule is Brc1cnc(Br)s1.Brc1cnc(N2CCNCC2)s1.C.C1CCNCC1.C1CCOC1. The highest BCUT2D eigenvalue weighted by molar-refractivity contribution is 9.12. The van der Waals surface area contributed by atoms with Crippen LogP contribution < -0.4 is 15.5 Å². The van der Waals surface area contributed by atoms with Crippen LogP contribution in [-0.2, 0) is 4.74 Å². The van der Waals surface area contributed by atoms with Gasteiger partial charge in [0.15, 0.2) is 9.05 Å². The van der Waals surface area contributed by atoms with E-state index in [0.29, 0.717) is 0 Å². The van der Waals surface area contributed by atoms with Crippen molar-refractivity contribution in [3.8, 4) is 0 Å². The van der Waals surface area contributed by atoms with Gasteiger partial charge in [-0.2, -0.15) is 0 Å². The normalized spacial score (nSPS) is 17.7. The average molecular weight is 664 g/mol. The summed E-state index contributed by atoms with van der Waals surface area (Å²) in [6.45, 7) is 8.77. The van der Waals surface area contributed by atoms with Gasteiger partial charge in [-0.05, 0) is 86.6 Å². The Morgan fingerprint density at radius 3 is 1.68 bits per heavy atom. The van der Waals surface area contributed by atoms with Crippen molar-refractivity contribution in [3.63, 3.8) is 0 Å². The Hall–Kier alpha value is 0.380. The van der Waals surface area contributed by atoms with Gasteiger partial charge in [0, 0.05) is 39.4 Å². The number of ether oxygens (including phenoxy) is 1. The zero-order valence-electron chi connectivity index (χ0n) is 17.0. The van der Waals surface area contributed by atoms with Crippen LogP contribution in [0.15, 0.2) is 23.9 Å². The standard InChI is InChI=1S/C7H10BrN3S.C5H11N.C4H8O.C3HBr2NS.CH4/c8-6-5-10-7(12-6)11-3-1-9-2-4-11;1-2-4-6-5-3-1;1-2-4-5-3-1;4-2-1-6-3(5)7-2;/h5,9H,1-4H2;6H,1-5H2;1-4H2;1H;1H4. The van der Waals surface area contributed by atoms with Crippen molar-refractivity contribution >= 4 is 75.6 Å². The third-order valence-corrected chi connectivity index (χ3v) is 7.83. The summed E-state index contributed by atoms with van der Waals surface area (Å²) in [5.41, 5.74) is 0. The van der Waals surface area contributed by atoms with E-state index < -0.39 is 0 Å². The van der Waals surface area contributed by atoms with Crippen molar-refractivity contribution < 1.29 is 4.74 Å². The van der Waals surface area contributed by atoms with Crippen molar-refractivity contribution in [1.82, 2.24) is 20.6 Å². The number of halogens is 3. The topological polar surface area (TPSA) is 62.3 Å². The fourth-order valence-corrected chi connectivity index (χ4v) is 6.24. The second-order valence-electron chi connectivity index (χ2n) is 6.73. The molecule has 3 aliphatic heterocycles. The highest BCUT2D eigenvalue weighted by atomic mass is 79.9. The summed E-state index contributed by atoms with van der Waals surface area (Å²) in [6, 6.07) is 0. The maximum absolute atomic E-state index is 4.94. The minimum Gasteiger partial charge on any atom is -0.381 e. The monoisotopic (exact) mass is 661 g/mol. The van der Waals surface area contributed by atoms with Crippen LogP contribution in [-0.4, -0.2) is 62.5 Å². The average Bonchev–Trinajstić information content (AvgIpc) is 3.56. The molecule has 3 aliphatic rings. The first-order chi connectivity index (χ1) is 14.6. The van der Waals surface area contributed by atoms with Crippen LogP contribution in [0.5, 0.6) is 0 Å². The van der Waals surface area contributed by atoms with Crippen LogP contribution >= 0.6 is 70.5 Å². The van der Waals surface area contributed by atoms with Gasteiger partial charge in [0.2, 0.25) is 0 Å². The van der Waals surface area contributed by atoms with Crippen LogP contribution in [0, 0.1) is 0 Å². The third kappa shape index (κ3) is 14.3. The molecule has 2 aromatic rings. The molecule has 178 valence electrons. The molecule has 0 unspecified atom stereocenters. The van der Waals surface area contributed by atoms with E-state index in [1.807, 2.05) is 6.20 Å². The minimum absolute atomic E-state index is 0. The van der Waals surface area contributed by atoms with Crippen molar-refractivity contribution in [2.75, 3.05) is 57.4 Å². The Balaban J connectivity index is 0.000000218. The summed E-state index contributed by atoms with van der Waals surface area (Å²) in [5.74, 6) is 0. The number of nitrogens with zero attached hydrogens (tertiary/aromatic N) is 3. The van der Waals surface area contributed by atoms with E-state index in [0.717, 1.165) is 56.0 Å². The lowest BCUT2D eigenvalue weighted by Crippen LogP contribution is -2.43. The molecular formula is C20H34Br3N5OS2. The van der Waals surface area contributed by atoms with E-state index in [4.69, 9.17) is 4.74 Å². The number of rotatable bonds is 1. The van der Waals surface area contributed by atoms with Gasteiger partial charge in [0.05, 0.1) is 20.0 Å². The van der Waals surface area contributed by atoms with Gasteiger partial charge in [-0.15, -0.1) is 11.3 Å². The van der Waals surface area contributed by atoms with Crippen molar-refractivity contribution in [3.05, 3.63) is 23.9 Å². The predicted octanol–water partition coefficient (Wildman–Crippen LogP) is 6.18. The largest absolute Gasteiger partial charge is 0.381 e. The molecular weight excluding hydrogens is 630 g/mol. The Kier molecular flexibility index (Phi) is 17.8. The molecule has 0 saturated carbocycles. The fourth-order valence-electron chi connectivity index (χ4n) is 2.79. The Bertz CT molecular complexity index is 640. The van der Waals surface area contributed by atoms with Crippen LogP contribution in [0.4, 0.5) is 5.13 Å². The van der Waals surface area contributed by atoms with Gasteiger partial charge in [-0.1, -0.05) is 25.2 Å². The summed E-state index contributed by atoms with van der Waals surface area (Å²) in [4.78, 5) is 10.5. The first-order valence-corrected chi connectivity index (χ1v) is 14.3. The smallest absolute Gasteiger partial charge is 0.186 e. The van der Waals surface area contributed by atoms with E-state index in [9.17, 15) is 0 Å². The van der Waals surface area contributed by atoms with Crippen LogP contribution in [0.3, 0.4) is 0 Å². The molecule has 0 aliphatic carbocycles. The Morgan fingerprint density at radius 1 is 0.774 bits per heavy atom. The molecule has 0 amide bonds. The molecule has 0 bridgehead atoms. The van der Waals surface area contributed by atoms with Gasteiger partial charge in [-0.3, -0.25) is 0 Å². The number of nitrogens with one attached hydrogen (secondary N) is 2. The van der Waals surface area contributed by atoms with Gasteiger partial charge in [-0.25, -0.2) is 9.97 Å². The van der Waals surface area contributed by atoms with Crippen LogP contribution in [0.25, 0.3) is 0 Å². The zero-order chi connectivity index (χ0) is 21.4. The molecule has 0 aromatic carbocycles. The van der Waals surface area contributed by atoms with E-state index in [1.165, 1.54) is 45.2 Å². The Labute approximate surface area is 220 Å². The maximum Gasteiger partial charge on any atom is 0.186 e. The predicted molar refractivity (Wildman–Crippen MR) is 146 cm³/mol. The summed E-state index contributed by atoms with van der Waals surface area (Å²) in [7, 11) is 0. The summed E-state index contributed by atoms with van der Waals surface area (Å²) >= 11 is 13.1. The number of piperidine rings is 1. The third-order valence-electron chi connectivity index (χ3n) is 4.34. The highest BCUT2D eigenvalue weighted by Gasteiger charge is 2.12. The molecule has 5 heterocycles. The second-order valence-corrected chi connectivity index (χ2v) is 12.8. The zero-order valence-corrected chi connectivity index (χ0v) is 23.4. The first-order valence-electron chi connectivity index (χ1n) is 10.3. The second kappa shape index (κ2) is 18.8. The molecule has 0 spiro atoms. The molecule has 3 fully saturated rings. The first kappa shape index (κ1) is 29.4. The van der Waals surface area contributed by atoms with E-state index >= 15 is 0 Å². The molecule has 6 nitrogen and oxygen atoms in total. The van der Waals surface area contributed by atoms with Gasteiger partial charge < -0.3 is 20.3 Å². The number of anilines is 1. The lowest BCUT2D eigenvalue weighted by atomic mass is 10.2. The van der Waals surface area contributed by atoms with Gasteiger partial charge in [0.1, 0.15) is 0 Å². The fraction of sp³-hybridized carbons (Fsp3) is 0.700.